The van der Waals surface area contributed by atoms with E-state index in [0.29, 0.717) is 6.92 Å². The number of halogens is 2. The number of hydrogen-bond donors (Lipinski definition) is 2. The largest absolute Gasteiger partial charge is 0.481 e. The lowest BCUT2D eigenvalue weighted by atomic mass is 9.99. The Kier molecular flexibility index (Phi) is 3.38. The van der Waals surface area contributed by atoms with Crippen molar-refractivity contribution >= 4 is 5.97 Å². The molecular weight excluding hydrogens is 156 g/mol. The van der Waals surface area contributed by atoms with Crippen LogP contribution in [-0.2, 0) is 4.79 Å². The summed E-state index contributed by atoms with van der Waals surface area (Å²) in [6.07, 6.45) is -0.583. The van der Waals surface area contributed by atoms with E-state index in [1.807, 2.05) is 0 Å². The maximum atomic E-state index is 12.4. The van der Waals surface area contributed by atoms with Crippen molar-refractivity contribution in [3.8, 4) is 0 Å². The molecule has 0 heterocycles. The third kappa shape index (κ3) is 3.87. The first kappa shape index (κ1) is 10.3. The zero-order chi connectivity index (χ0) is 9.07. The maximum Gasteiger partial charge on any atom is 0.303 e. The van der Waals surface area contributed by atoms with Crippen LogP contribution in [0.1, 0.15) is 13.3 Å². The first-order valence-electron chi connectivity index (χ1n) is 3.17. The van der Waals surface area contributed by atoms with Crippen LogP contribution in [-0.4, -0.2) is 23.5 Å². The van der Waals surface area contributed by atoms with E-state index < -0.39 is 24.2 Å². The van der Waals surface area contributed by atoms with Gasteiger partial charge in [0.2, 0.25) is 5.92 Å². The van der Waals surface area contributed by atoms with Crippen LogP contribution in [0.5, 0.6) is 0 Å². The number of hydrogen-bond acceptors (Lipinski definition) is 2. The van der Waals surface area contributed by atoms with Gasteiger partial charge in [-0.3, -0.25) is 4.79 Å². The monoisotopic (exact) mass is 167 g/mol. The molecule has 0 saturated carbocycles. The molecule has 1 atom stereocenters. The molecule has 5 heteroatoms. The van der Waals surface area contributed by atoms with Crippen molar-refractivity contribution in [2.45, 2.75) is 19.3 Å². The van der Waals surface area contributed by atoms with Crippen LogP contribution in [0.15, 0.2) is 0 Å². The molecule has 0 radical (unpaired) electrons. The van der Waals surface area contributed by atoms with E-state index in [2.05, 4.69) is 0 Å². The van der Waals surface area contributed by atoms with E-state index in [4.69, 9.17) is 10.8 Å². The number of carbonyl (C=O) groups is 1. The summed E-state index contributed by atoms with van der Waals surface area (Å²) < 4.78 is 24.8. The number of nitrogens with two attached hydrogens (primary N) is 1. The minimum Gasteiger partial charge on any atom is -0.481 e. The van der Waals surface area contributed by atoms with Crippen LogP contribution < -0.4 is 5.73 Å². The third-order valence-electron chi connectivity index (χ3n) is 1.42. The Balaban J connectivity index is 4.07. The lowest BCUT2D eigenvalue weighted by Gasteiger charge is -2.19. The number of rotatable bonds is 4. The summed E-state index contributed by atoms with van der Waals surface area (Å²) in [4.78, 5) is 10.0. The van der Waals surface area contributed by atoms with Gasteiger partial charge >= 0.3 is 5.97 Å². The fraction of sp³-hybridized carbons (Fsp3) is 0.833. The molecule has 66 valence electrons. The van der Waals surface area contributed by atoms with E-state index in [1.54, 1.807) is 0 Å². The maximum absolute atomic E-state index is 12.4. The van der Waals surface area contributed by atoms with Gasteiger partial charge in [0.25, 0.3) is 0 Å². The second-order valence-corrected chi connectivity index (χ2v) is 2.49. The minimum absolute atomic E-state index is 0.310. The van der Waals surface area contributed by atoms with E-state index in [0.717, 1.165) is 0 Å². The SMILES string of the molecule is CC(F)(F)C(CN)CC(=O)O. The Bertz CT molecular complexity index is 144. The summed E-state index contributed by atoms with van der Waals surface area (Å²) in [5.74, 6) is -5.52. The molecule has 0 amide bonds. The highest BCUT2D eigenvalue weighted by Crippen LogP contribution is 2.25. The fourth-order valence-corrected chi connectivity index (χ4v) is 0.680. The lowest BCUT2D eigenvalue weighted by molar-refractivity contribution is -0.142. The molecule has 0 aromatic heterocycles. The zero-order valence-electron chi connectivity index (χ0n) is 6.18. The summed E-state index contributed by atoms with van der Waals surface area (Å²) >= 11 is 0. The van der Waals surface area contributed by atoms with Gasteiger partial charge in [-0.25, -0.2) is 8.78 Å². The average Bonchev–Trinajstić information content (AvgIpc) is 1.79. The number of carboxylic acids is 1. The summed E-state index contributed by atoms with van der Waals surface area (Å²) in [7, 11) is 0. The highest BCUT2D eigenvalue weighted by atomic mass is 19.3. The summed E-state index contributed by atoms with van der Waals surface area (Å²) in [5, 5.41) is 8.19. The van der Waals surface area contributed by atoms with Gasteiger partial charge in [0, 0.05) is 12.5 Å². The van der Waals surface area contributed by atoms with Crippen LogP contribution in [0, 0.1) is 5.92 Å². The highest BCUT2D eigenvalue weighted by molar-refractivity contribution is 5.67. The van der Waals surface area contributed by atoms with Gasteiger partial charge in [-0.15, -0.1) is 0 Å². The molecule has 0 aromatic carbocycles. The second kappa shape index (κ2) is 3.61. The molecule has 0 aromatic rings. The number of aliphatic carboxylic acids is 1. The van der Waals surface area contributed by atoms with Crippen molar-refractivity contribution in [2.75, 3.05) is 6.54 Å². The van der Waals surface area contributed by atoms with Crippen LogP contribution in [0.4, 0.5) is 8.78 Å². The molecule has 0 aliphatic rings. The zero-order valence-corrected chi connectivity index (χ0v) is 6.18. The Morgan fingerprint density at radius 1 is 1.73 bits per heavy atom. The Labute approximate surface area is 63.2 Å². The van der Waals surface area contributed by atoms with Crippen LogP contribution in [0.3, 0.4) is 0 Å². The van der Waals surface area contributed by atoms with Crippen LogP contribution in [0.2, 0.25) is 0 Å². The molecule has 0 rings (SSSR count). The van der Waals surface area contributed by atoms with Gasteiger partial charge in [0.15, 0.2) is 0 Å². The second-order valence-electron chi connectivity index (χ2n) is 2.49. The number of carboxylic acid groups (broad SMARTS) is 1. The van der Waals surface area contributed by atoms with Crippen molar-refractivity contribution < 1.29 is 18.7 Å². The normalized spacial score (nSPS) is 14.5. The molecule has 0 fully saturated rings. The molecule has 3 nitrogen and oxygen atoms in total. The minimum atomic E-state index is -3.01. The topological polar surface area (TPSA) is 63.3 Å². The predicted molar refractivity (Wildman–Crippen MR) is 35.4 cm³/mol. The Morgan fingerprint density at radius 2 is 2.18 bits per heavy atom. The summed E-state index contributed by atoms with van der Waals surface area (Å²) in [6, 6.07) is 0. The molecule has 0 spiro atoms. The molecule has 0 saturated heterocycles. The van der Waals surface area contributed by atoms with Crippen molar-refractivity contribution in [2.24, 2.45) is 11.7 Å². The molecular formula is C6H11F2NO2. The van der Waals surface area contributed by atoms with Crippen molar-refractivity contribution in [3.05, 3.63) is 0 Å². The quantitative estimate of drug-likeness (QED) is 0.647. The molecule has 0 bridgehead atoms. The Morgan fingerprint density at radius 3 is 2.27 bits per heavy atom. The Hall–Kier alpha value is -0.710. The van der Waals surface area contributed by atoms with Gasteiger partial charge in [0.05, 0.1) is 6.42 Å². The molecule has 11 heavy (non-hydrogen) atoms. The van der Waals surface area contributed by atoms with Gasteiger partial charge in [0.1, 0.15) is 0 Å². The smallest absolute Gasteiger partial charge is 0.303 e. The standard InChI is InChI=1S/C6H11F2NO2/c1-6(7,8)4(3-9)2-5(10)11/h4H,2-3,9H2,1H3,(H,10,11). The predicted octanol–water partition coefficient (Wildman–Crippen LogP) is 0.691. The first-order valence-corrected chi connectivity index (χ1v) is 3.17. The molecule has 1 unspecified atom stereocenters. The van der Waals surface area contributed by atoms with Crippen molar-refractivity contribution in [1.82, 2.24) is 0 Å². The van der Waals surface area contributed by atoms with Crippen molar-refractivity contribution in [3.63, 3.8) is 0 Å². The summed E-state index contributed by atoms with van der Waals surface area (Å²) in [5.41, 5.74) is 4.96. The lowest BCUT2D eigenvalue weighted by Crippen LogP contribution is -2.33. The van der Waals surface area contributed by atoms with Gasteiger partial charge in [-0.1, -0.05) is 0 Å². The van der Waals surface area contributed by atoms with Crippen molar-refractivity contribution in [1.29, 1.82) is 0 Å². The van der Waals surface area contributed by atoms with E-state index >= 15 is 0 Å². The first-order chi connectivity index (χ1) is 4.88. The van der Waals surface area contributed by atoms with Gasteiger partial charge < -0.3 is 10.8 Å². The summed E-state index contributed by atoms with van der Waals surface area (Å²) in [6.45, 7) is 0.364. The number of alkyl halides is 2. The van der Waals surface area contributed by atoms with E-state index in [1.165, 1.54) is 0 Å². The highest BCUT2D eigenvalue weighted by Gasteiger charge is 2.34. The molecule has 0 aliphatic carbocycles. The van der Waals surface area contributed by atoms with Gasteiger partial charge in [-0.2, -0.15) is 0 Å². The van der Waals surface area contributed by atoms with E-state index in [-0.39, 0.29) is 6.54 Å². The van der Waals surface area contributed by atoms with E-state index in [9.17, 15) is 13.6 Å². The fourth-order valence-electron chi connectivity index (χ4n) is 0.680. The third-order valence-corrected chi connectivity index (χ3v) is 1.42. The molecule has 3 N–H and O–H groups in total. The van der Waals surface area contributed by atoms with Crippen LogP contribution >= 0.6 is 0 Å². The van der Waals surface area contributed by atoms with Gasteiger partial charge in [-0.05, 0) is 6.92 Å². The van der Waals surface area contributed by atoms with Crippen LogP contribution in [0.25, 0.3) is 0 Å². The average molecular weight is 167 g/mol. The molecule has 0 aliphatic heterocycles.